The number of halogens is 1. The molecular weight excluding hydrogens is 289 g/mol. The predicted octanol–water partition coefficient (Wildman–Crippen LogP) is 3.40. The maximum atomic E-state index is 13.4. The lowest BCUT2D eigenvalue weighted by atomic mass is 10.1. The molecule has 1 N–H and O–H groups in total. The second-order valence-corrected chi connectivity index (χ2v) is 5.68. The van der Waals surface area contributed by atoms with Gasteiger partial charge in [-0.05, 0) is 30.2 Å². The summed E-state index contributed by atoms with van der Waals surface area (Å²) < 4.78 is 18.6. The van der Waals surface area contributed by atoms with E-state index >= 15 is 0 Å². The van der Waals surface area contributed by atoms with E-state index in [1.54, 1.807) is 36.2 Å². The summed E-state index contributed by atoms with van der Waals surface area (Å²) in [7, 11) is 0. The van der Waals surface area contributed by atoms with Crippen molar-refractivity contribution in [1.29, 1.82) is 0 Å². The molecule has 112 valence electrons. The average molecular weight is 307 g/mol. The first-order chi connectivity index (χ1) is 10.3. The Morgan fingerprint density at radius 3 is 2.86 bits per heavy atom. The lowest BCUT2D eigenvalue weighted by Crippen LogP contribution is -2.26. The lowest BCUT2D eigenvalue weighted by Gasteiger charge is -2.05. The molecule has 2 rings (SSSR count). The number of nitrogens with one attached hydrogen (secondary N) is 1. The summed E-state index contributed by atoms with van der Waals surface area (Å²) in [6.07, 6.45) is 2.39. The van der Waals surface area contributed by atoms with Gasteiger partial charge in [-0.2, -0.15) is 11.8 Å². The van der Waals surface area contributed by atoms with Crippen molar-refractivity contribution in [1.82, 2.24) is 5.32 Å². The minimum absolute atomic E-state index is 0.0446. The number of thioether (sulfide) groups is 1. The van der Waals surface area contributed by atoms with Crippen LogP contribution in [0.3, 0.4) is 0 Å². The molecule has 1 heterocycles. The minimum atomic E-state index is -0.251. The van der Waals surface area contributed by atoms with Crippen molar-refractivity contribution in [3.8, 4) is 0 Å². The number of rotatable bonds is 8. The van der Waals surface area contributed by atoms with Crippen LogP contribution in [0.4, 0.5) is 4.39 Å². The van der Waals surface area contributed by atoms with Crippen molar-refractivity contribution in [3.63, 3.8) is 0 Å². The van der Waals surface area contributed by atoms with E-state index < -0.39 is 0 Å². The van der Waals surface area contributed by atoms with Crippen LogP contribution in [0, 0.1) is 5.82 Å². The fraction of sp³-hybridized carbons (Fsp3) is 0.312. The summed E-state index contributed by atoms with van der Waals surface area (Å²) in [5, 5.41) is 2.84. The topological polar surface area (TPSA) is 42.2 Å². The van der Waals surface area contributed by atoms with Crippen LogP contribution in [-0.2, 0) is 17.0 Å². The van der Waals surface area contributed by atoms with Gasteiger partial charge in [0, 0.05) is 18.7 Å². The molecule has 0 aliphatic rings. The van der Waals surface area contributed by atoms with Crippen molar-refractivity contribution in [2.45, 2.75) is 18.6 Å². The highest BCUT2D eigenvalue weighted by Gasteiger charge is 2.05. The molecule has 21 heavy (non-hydrogen) atoms. The van der Waals surface area contributed by atoms with E-state index in [2.05, 4.69) is 5.32 Å². The molecule has 0 fully saturated rings. The first-order valence-electron chi connectivity index (χ1n) is 6.86. The van der Waals surface area contributed by atoms with Gasteiger partial charge in [-0.1, -0.05) is 18.2 Å². The molecular formula is C16H18FNO2S. The van der Waals surface area contributed by atoms with Crippen LogP contribution < -0.4 is 5.32 Å². The summed E-state index contributed by atoms with van der Waals surface area (Å²) in [5.74, 6) is 2.27. The Bertz CT molecular complexity index is 557. The molecule has 0 saturated heterocycles. The number of amides is 1. The zero-order valence-electron chi connectivity index (χ0n) is 11.7. The van der Waals surface area contributed by atoms with E-state index in [-0.39, 0.29) is 11.7 Å². The Hall–Kier alpha value is -1.75. The number of carbonyl (C=O) groups excluding carboxylic acids is 1. The van der Waals surface area contributed by atoms with Crippen LogP contribution in [0.25, 0.3) is 0 Å². The number of hydrogen-bond acceptors (Lipinski definition) is 3. The molecule has 0 atom stereocenters. The normalized spacial score (nSPS) is 10.5. The highest BCUT2D eigenvalue weighted by molar-refractivity contribution is 7.98. The first kappa shape index (κ1) is 15.6. The number of hydrogen-bond donors (Lipinski definition) is 1. The summed E-state index contributed by atoms with van der Waals surface area (Å²) >= 11 is 1.70. The van der Waals surface area contributed by atoms with Crippen LogP contribution in [0.2, 0.25) is 0 Å². The molecule has 0 aliphatic carbocycles. The van der Waals surface area contributed by atoms with Crippen molar-refractivity contribution in [2.24, 2.45) is 0 Å². The third kappa shape index (κ3) is 5.63. The van der Waals surface area contributed by atoms with Gasteiger partial charge in [0.25, 0.3) is 0 Å². The minimum Gasteiger partial charge on any atom is -0.468 e. The first-order valence-corrected chi connectivity index (χ1v) is 8.01. The third-order valence-electron chi connectivity index (χ3n) is 2.97. The van der Waals surface area contributed by atoms with Gasteiger partial charge in [0.2, 0.25) is 5.91 Å². The van der Waals surface area contributed by atoms with Gasteiger partial charge in [0.15, 0.2) is 0 Å². The molecule has 5 heteroatoms. The Labute approximate surface area is 127 Å². The van der Waals surface area contributed by atoms with Gasteiger partial charge in [0.1, 0.15) is 11.6 Å². The maximum absolute atomic E-state index is 13.4. The number of carbonyl (C=O) groups is 1. The standard InChI is InChI=1S/C16H18FNO2S/c17-15-6-2-1-4-13(15)7-8-16(19)18-9-11-21-12-14-5-3-10-20-14/h1-6,10H,7-9,11-12H2,(H,18,19). The predicted molar refractivity (Wildman–Crippen MR) is 82.6 cm³/mol. The number of aryl methyl sites for hydroxylation is 1. The monoisotopic (exact) mass is 307 g/mol. The zero-order valence-corrected chi connectivity index (χ0v) is 12.5. The molecule has 0 saturated carbocycles. The maximum Gasteiger partial charge on any atom is 0.220 e. The van der Waals surface area contributed by atoms with Gasteiger partial charge >= 0.3 is 0 Å². The zero-order chi connectivity index (χ0) is 14.9. The Balaban J connectivity index is 1.56. The molecule has 0 unspecified atom stereocenters. The van der Waals surface area contributed by atoms with E-state index in [0.717, 1.165) is 17.3 Å². The summed E-state index contributed by atoms with van der Waals surface area (Å²) in [5.41, 5.74) is 0.583. The van der Waals surface area contributed by atoms with Crippen LogP contribution in [0.5, 0.6) is 0 Å². The molecule has 2 aromatic rings. The second kappa shape index (κ2) is 8.52. The molecule has 0 aliphatic heterocycles. The van der Waals surface area contributed by atoms with Gasteiger partial charge in [-0.25, -0.2) is 4.39 Å². The fourth-order valence-corrected chi connectivity index (χ4v) is 2.62. The van der Waals surface area contributed by atoms with Gasteiger partial charge in [-0.15, -0.1) is 0 Å². The Kier molecular flexibility index (Phi) is 6.34. The van der Waals surface area contributed by atoms with Gasteiger partial charge in [0.05, 0.1) is 12.0 Å². The molecule has 1 aromatic heterocycles. The second-order valence-electron chi connectivity index (χ2n) is 4.57. The molecule has 3 nitrogen and oxygen atoms in total. The lowest BCUT2D eigenvalue weighted by molar-refractivity contribution is -0.120. The van der Waals surface area contributed by atoms with E-state index in [9.17, 15) is 9.18 Å². The Morgan fingerprint density at radius 2 is 2.10 bits per heavy atom. The Morgan fingerprint density at radius 1 is 1.24 bits per heavy atom. The quantitative estimate of drug-likeness (QED) is 0.760. The SMILES string of the molecule is O=C(CCc1ccccc1F)NCCSCc1ccco1. The van der Waals surface area contributed by atoms with Gasteiger partial charge in [-0.3, -0.25) is 4.79 Å². The fourth-order valence-electron chi connectivity index (χ4n) is 1.87. The van der Waals surface area contributed by atoms with E-state index in [4.69, 9.17) is 4.42 Å². The van der Waals surface area contributed by atoms with Crippen molar-refractivity contribution >= 4 is 17.7 Å². The van der Waals surface area contributed by atoms with E-state index in [1.807, 2.05) is 12.1 Å². The highest BCUT2D eigenvalue weighted by Crippen LogP contribution is 2.11. The summed E-state index contributed by atoms with van der Waals surface area (Å²) in [6, 6.07) is 10.3. The van der Waals surface area contributed by atoms with Crippen molar-refractivity contribution < 1.29 is 13.6 Å². The molecule has 1 aromatic carbocycles. The average Bonchev–Trinajstić information content (AvgIpc) is 2.99. The van der Waals surface area contributed by atoms with Crippen LogP contribution >= 0.6 is 11.8 Å². The number of furan rings is 1. The van der Waals surface area contributed by atoms with Crippen LogP contribution in [0.1, 0.15) is 17.7 Å². The molecule has 1 amide bonds. The molecule has 0 radical (unpaired) electrons. The van der Waals surface area contributed by atoms with E-state index in [1.165, 1.54) is 6.07 Å². The largest absolute Gasteiger partial charge is 0.468 e. The highest BCUT2D eigenvalue weighted by atomic mass is 32.2. The van der Waals surface area contributed by atoms with Crippen molar-refractivity contribution in [2.75, 3.05) is 12.3 Å². The van der Waals surface area contributed by atoms with Crippen molar-refractivity contribution in [3.05, 3.63) is 59.8 Å². The summed E-state index contributed by atoms with van der Waals surface area (Å²) in [6.45, 7) is 0.613. The third-order valence-corrected chi connectivity index (χ3v) is 3.95. The van der Waals surface area contributed by atoms with Crippen LogP contribution in [-0.4, -0.2) is 18.2 Å². The van der Waals surface area contributed by atoms with Gasteiger partial charge < -0.3 is 9.73 Å². The molecule has 0 spiro atoms. The summed E-state index contributed by atoms with van der Waals surface area (Å²) in [4.78, 5) is 11.7. The number of benzene rings is 1. The van der Waals surface area contributed by atoms with E-state index in [0.29, 0.717) is 24.9 Å². The molecule has 0 bridgehead atoms. The van der Waals surface area contributed by atoms with Crippen LogP contribution in [0.15, 0.2) is 47.1 Å². The smallest absolute Gasteiger partial charge is 0.220 e.